The van der Waals surface area contributed by atoms with E-state index in [1.807, 2.05) is 11.3 Å². The van der Waals surface area contributed by atoms with Gasteiger partial charge in [-0.3, -0.25) is 0 Å². The molecule has 1 aliphatic rings. The Kier molecular flexibility index (Phi) is 2.34. The van der Waals surface area contributed by atoms with Gasteiger partial charge in [0.15, 0.2) is 0 Å². The maximum Gasteiger partial charge on any atom is 0.0100 e. The second kappa shape index (κ2) is 3.82. The number of benzene rings is 1. The van der Waals surface area contributed by atoms with E-state index in [1.165, 1.54) is 24.8 Å². The molecule has 0 saturated carbocycles. The topological polar surface area (TPSA) is 0 Å². The number of aryl methyl sites for hydroxylation is 1. The number of thiophene rings is 1. The molecule has 0 bridgehead atoms. The third-order valence-corrected chi connectivity index (χ3v) is 4.25. The minimum Gasteiger partial charge on any atom is -0.149 e. The molecule has 1 aromatic heterocycles. The summed E-state index contributed by atoms with van der Waals surface area (Å²) in [7, 11) is 0. The number of hydrogen-bond acceptors (Lipinski definition) is 1. The average molecular weight is 214 g/mol. The lowest BCUT2D eigenvalue weighted by molar-refractivity contribution is 0.625. The minimum atomic E-state index is 0.654. The Balaban J connectivity index is 2.03. The van der Waals surface area contributed by atoms with Crippen LogP contribution in [0.2, 0.25) is 0 Å². The summed E-state index contributed by atoms with van der Waals surface area (Å²) in [6.07, 6.45) is 3.94. The molecule has 76 valence electrons. The first-order valence-electron chi connectivity index (χ1n) is 5.56. The summed E-state index contributed by atoms with van der Waals surface area (Å²) < 4.78 is 0. The van der Waals surface area contributed by atoms with Crippen LogP contribution in [0.5, 0.6) is 0 Å². The molecule has 1 aliphatic carbocycles. The molecule has 1 heteroatoms. The first-order chi connectivity index (χ1) is 7.45. The molecule has 0 spiro atoms. The largest absolute Gasteiger partial charge is 0.149 e. The van der Waals surface area contributed by atoms with Gasteiger partial charge in [0.25, 0.3) is 0 Å². The Hall–Kier alpha value is -1.08. The molecule has 0 fully saturated rings. The van der Waals surface area contributed by atoms with Crippen molar-refractivity contribution in [3.63, 3.8) is 0 Å². The van der Waals surface area contributed by atoms with Gasteiger partial charge in [0.2, 0.25) is 0 Å². The minimum absolute atomic E-state index is 0.654. The Morgan fingerprint density at radius 3 is 2.80 bits per heavy atom. The van der Waals surface area contributed by atoms with Gasteiger partial charge in [-0.25, -0.2) is 0 Å². The van der Waals surface area contributed by atoms with Gasteiger partial charge in [-0.1, -0.05) is 30.3 Å². The smallest absolute Gasteiger partial charge is 0.0100 e. The van der Waals surface area contributed by atoms with E-state index in [0.29, 0.717) is 5.92 Å². The zero-order valence-electron chi connectivity index (χ0n) is 8.65. The lowest BCUT2D eigenvalue weighted by Crippen LogP contribution is -2.08. The molecule has 0 radical (unpaired) electrons. The van der Waals surface area contributed by atoms with Crippen LogP contribution in [-0.4, -0.2) is 0 Å². The summed E-state index contributed by atoms with van der Waals surface area (Å²) >= 11 is 1.92. The first-order valence-corrected chi connectivity index (χ1v) is 6.44. The monoisotopic (exact) mass is 214 g/mol. The maximum atomic E-state index is 2.32. The molecule has 2 aromatic rings. The van der Waals surface area contributed by atoms with E-state index in [9.17, 15) is 0 Å². The van der Waals surface area contributed by atoms with Gasteiger partial charge in [0.1, 0.15) is 0 Å². The molecule has 3 rings (SSSR count). The summed E-state index contributed by atoms with van der Waals surface area (Å²) in [5.41, 5.74) is 3.06. The van der Waals surface area contributed by atoms with Gasteiger partial charge >= 0.3 is 0 Å². The number of fused-ring (bicyclic) bond motifs is 1. The Bertz CT molecular complexity index is 441. The molecule has 0 aliphatic heterocycles. The van der Waals surface area contributed by atoms with Crippen molar-refractivity contribution >= 4 is 11.3 Å². The second-order valence-electron chi connectivity index (χ2n) is 4.15. The summed E-state index contributed by atoms with van der Waals surface area (Å²) in [5.74, 6) is 0.654. The van der Waals surface area contributed by atoms with Crippen molar-refractivity contribution in [1.82, 2.24) is 0 Å². The SMILES string of the molecule is c1ccc(C2CCCc3sccc32)cc1. The molecule has 0 nitrogen and oxygen atoms in total. The fourth-order valence-corrected chi connectivity index (χ4v) is 3.51. The molecule has 0 amide bonds. The first kappa shape index (κ1) is 9.17. The number of rotatable bonds is 1. The Morgan fingerprint density at radius 1 is 1.07 bits per heavy atom. The van der Waals surface area contributed by atoms with Crippen LogP contribution in [0.1, 0.15) is 34.8 Å². The van der Waals surface area contributed by atoms with Crippen LogP contribution in [-0.2, 0) is 6.42 Å². The summed E-state index contributed by atoms with van der Waals surface area (Å²) in [5, 5.41) is 2.24. The highest BCUT2D eigenvalue weighted by Gasteiger charge is 2.21. The molecule has 0 saturated heterocycles. The predicted molar refractivity (Wildman–Crippen MR) is 65.5 cm³/mol. The zero-order chi connectivity index (χ0) is 10.1. The highest BCUT2D eigenvalue weighted by atomic mass is 32.1. The van der Waals surface area contributed by atoms with Gasteiger partial charge in [0.05, 0.1) is 0 Å². The van der Waals surface area contributed by atoms with Crippen molar-refractivity contribution < 1.29 is 0 Å². The van der Waals surface area contributed by atoms with E-state index < -0.39 is 0 Å². The highest BCUT2D eigenvalue weighted by Crippen LogP contribution is 2.38. The van der Waals surface area contributed by atoms with Crippen molar-refractivity contribution in [2.75, 3.05) is 0 Å². The van der Waals surface area contributed by atoms with E-state index in [4.69, 9.17) is 0 Å². The molecule has 1 unspecified atom stereocenters. The lowest BCUT2D eigenvalue weighted by Gasteiger charge is -2.22. The van der Waals surface area contributed by atoms with Gasteiger partial charge in [-0.2, -0.15) is 0 Å². The fourth-order valence-electron chi connectivity index (χ4n) is 2.52. The molecule has 0 N–H and O–H groups in total. The summed E-state index contributed by atoms with van der Waals surface area (Å²) in [6, 6.07) is 13.2. The van der Waals surface area contributed by atoms with Crippen LogP contribution in [0, 0.1) is 0 Å². The number of hydrogen-bond donors (Lipinski definition) is 0. The van der Waals surface area contributed by atoms with E-state index in [0.717, 1.165) is 0 Å². The van der Waals surface area contributed by atoms with Gasteiger partial charge in [-0.05, 0) is 41.8 Å². The van der Waals surface area contributed by atoms with Crippen molar-refractivity contribution in [2.45, 2.75) is 25.2 Å². The summed E-state index contributed by atoms with van der Waals surface area (Å²) in [6.45, 7) is 0. The van der Waals surface area contributed by atoms with Gasteiger partial charge in [-0.15, -0.1) is 11.3 Å². The second-order valence-corrected chi connectivity index (χ2v) is 5.16. The predicted octanol–water partition coefficient (Wildman–Crippen LogP) is 4.22. The standard InChI is InChI=1S/C14H14S/c1-2-5-11(6-3-1)12-7-4-8-14-13(12)9-10-15-14/h1-3,5-6,9-10,12H,4,7-8H2. The van der Waals surface area contributed by atoms with Crippen molar-refractivity contribution in [1.29, 1.82) is 0 Å². The van der Waals surface area contributed by atoms with Crippen LogP contribution < -0.4 is 0 Å². The van der Waals surface area contributed by atoms with E-state index in [-0.39, 0.29) is 0 Å². The normalized spacial score (nSPS) is 19.9. The van der Waals surface area contributed by atoms with Crippen LogP contribution in [0.25, 0.3) is 0 Å². The fraction of sp³-hybridized carbons (Fsp3) is 0.286. The van der Waals surface area contributed by atoms with Crippen LogP contribution in [0.4, 0.5) is 0 Å². The van der Waals surface area contributed by atoms with Crippen LogP contribution in [0.15, 0.2) is 41.8 Å². The average Bonchev–Trinajstić information content (AvgIpc) is 2.78. The zero-order valence-corrected chi connectivity index (χ0v) is 9.46. The van der Waals surface area contributed by atoms with Crippen molar-refractivity contribution in [3.8, 4) is 0 Å². The highest BCUT2D eigenvalue weighted by molar-refractivity contribution is 7.10. The van der Waals surface area contributed by atoms with Crippen LogP contribution >= 0.6 is 11.3 Å². The molecular formula is C14H14S. The lowest BCUT2D eigenvalue weighted by atomic mass is 9.83. The van der Waals surface area contributed by atoms with Gasteiger partial charge < -0.3 is 0 Å². The molecule has 15 heavy (non-hydrogen) atoms. The molecule has 1 atom stereocenters. The molecule has 1 heterocycles. The van der Waals surface area contributed by atoms with Crippen molar-refractivity contribution in [3.05, 3.63) is 57.8 Å². The quantitative estimate of drug-likeness (QED) is 0.667. The Morgan fingerprint density at radius 2 is 1.93 bits per heavy atom. The third-order valence-electron chi connectivity index (χ3n) is 3.25. The van der Waals surface area contributed by atoms with E-state index in [2.05, 4.69) is 41.8 Å². The summed E-state index contributed by atoms with van der Waals surface area (Å²) in [4.78, 5) is 1.61. The third kappa shape index (κ3) is 1.61. The molecule has 1 aromatic carbocycles. The Labute approximate surface area is 94.6 Å². The van der Waals surface area contributed by atoms with E-state index >= 15 is 0 Å². The van der Waals surface area contributed by atoms with Crippen LogP contribution in [0.3, 0.4) is 0 Å². The van der Waals surface area contributed by atoms with E-state index in [1.54, 1.807) is 10.4 Å². The van der Waals surface area contributed by atoms with Crippen molar-refractivity contribution in [2.24, 2.45) is 0 Å². The maximum absolute atomic E-state index is 2.32. The molecular weight excluding hydrogens is 200 g/mol. The van der Waals surface area contributed by atoms with Gasteiger partial charge in [0, 0.05) is 10.8 Å².